The lowest BCUT2D eigenvalue weighted by Crippen LogP contribution is -2.60. The van der Waals surface area contributed by atoms with E-state index in [4.69, 9.17) is 0 Å². The first-order valence-corrected chi connectivity index (χ1v) is 8.06. The number of nitrogens with zero attached hydrogens (tertiary/aromatic N) is 2. The molecule has 2 aliphatic rings. The van der Waals surface area contributed by atoms with E-state index in [1.807, 2.05) is 13.8 Å². The van der Waals surface area contributed by atoms with Crippen molar-refractivity contribution in [1.82, 2.24) is 9.80 Å². The zero-order valence-electron chi connectivity index (χ0n) is 13.6. The molecule has 0 aromatic heterocycles. The quantitative estimate of drug-likeness (QED) is 0.738. The predicted molar refractivity (Wildman–Crippen MR) is 83.6 cm³/mol. The number of amides is 1. The highest BCUT2D eigenvalue weighted by Gasteiger charge is 2.44. The lowest BCUT2D eigenvalue weighted by Gasteiger charge is -2.54. The van der Waals surface area contributed by atoms with Crippen molar-refractivity contribution in [3.63, 3.8) is 0 Å². The number of carbonyl (C=O) groups excluding carboxylic acids is 1. The van der Waals surface area contributed by atoms with Gasteiger partial charge in [-0.3, -0.25) is 4.79 Å². The first-order chi connectivity index (χ1) is 9.42. The van der Waals surface area contributed by atoms with Gasteiger partial charge >= 0.3 is 0 Å². The molecule has 2 heterocycles. The minimum absolute atomic E-state index is 0.144. The van der Waals surface area contributed by atoms with Crippen LogP contribution in [0.1, 0.15) is 47.0 Å². The van der Waals surface area contributed by atoms with E-state index in [0.717, 1.165) is 13.1 Å². The summed E-state index contributed by atoms with van der Waals surface area (Å²) in [6, 6.07) is 0. The lowest BCUT2D eigenvalue weighted by atomic mass is 9.72. The Morgan fingerprint density at radius 2 is 1.80 bits per heavy atom. The minimum atomic E-state index is 0.144. The molecule has 114 valence electrons. The highest BCUT2D eigenvalue weighted by molar-refractivity contribution is 5.78. The van der Waals surface area contributed by atoms with Gasteiger partial charge in [0.15, 0.2) is 0 Å². The van der Waals surface area contributed by atoms with Crippen LogP contribution in [0.4, 0.5) is 0 Å². The van der Waals surface area contributed by atoms with Gasteiger partial charge in [0.2, 0.25) is 5.91 Å². The molecule has 3 heteroatoms. The Balaban J connectivity index is 1.71. The van der Waals surface area contributed by atoms with Crippen molar-refractivity contribution in [2.45, 2.75) is 47.0 Å². The van der Waals surface area contributed by atoms with E-state index < -0.39 is 0 Å². The predicted octanol–water partition coefficient (Wildman–Crippen LogP) is 2.92. The second-order valence-electron chi connectivity index (χ2n) is 7.26. The van der Waals surface area contributed by atoms with Crippen molar-refractivity contribution in [3.05, 3.63) is 11.6 Å². The van der Waals surface area contributed by atoms with Gasteiger partial charge < -0.3 is 9.80 Å². The summed E-state index contributed by atoms with van der Waals surface area (Å²) in [5.41, 5.74) is 1.94. The normalized spacial score (nSPS) is 21.9. The summed E-state index contributed by atoms with van der Waals surface area (Å²) in [6.45, 7) is 14.0. The van der Waals surface area contributed by atoms with E-state index in [1.54, 1.807) is 0 Å². The SMILES string of the molecule is CC(C)=CCCN1CC2(CCN(C(=O)C(C)C)CC2)C1. The molecule has 0 bridgehead atoms. The summed E-state index contributed by atoms with van der Waals surface area (Å²) in [6.07, 6.45) is 5.90. The molecule has 2 aliphatic heterocycles. The van der Waals surface area contributed by atoms with E-state index in [-0.39, 0.29) is 5.92 Å². The van der Waals surface area contributed by atoms with Crippen LogP contribution in [0.5, 0.6) is 0 Å². The van der Waals surface area contributed by atoms with E-state index >= 15 is 0 Å². The van der Waals surface area contributed by atoms with Gasteiger partial charge in [0, 0.05) is 38.6 Å². The summed E-state index contributed by atoms with van der Waals surface area (Å²) in [5, 5.41) is 0. The van der Waals surface area contributed by atoms with Crippen molar-refractivity contribution in [2.75, 3.05) is 32.7 Å². The number of hydrogen-bond donors (Lipinski definition) is 0. The molecule has 1 amide bonds. The molecule has 0 N–H and O–H groups in total. The maximum Gasteiger partial charge on any atom is 0.225 e. The number of rotatable bonds is 4. The molecule has 2 rings (SSSR count). The molecule has 0 aliphatic carbocycles. The highest BCUT2D eigenvalue weighted by Crippen LogP contribution is 2.40. The molecule has 20 heavy (non-hydrogen) atoms. The molecule has 0 aromatic carbocycles. The van der Waals surface area contributed by atoms with Crippen LogP contribution in [0.2, 0.25) is 0 Å². The highest BCUT2D eigenvalue weighted by atomic mass is 16.2. The van der Waals surface area contributed by atoms with Gasteiger partial charge in [-0.05, 0) is 38.5 Å². The van der Waals surface area contributed by atoms with E-state index in [0.29, 0.717) is 11.3 Å². The van der Waals surface area contributed by atoms with Crippen molar-refractivity contribution in [2.24, 2.45) is 11.3 Å². The zero-order chi connectivity index (χ0) is 14.8. The Kier molecular flexibility index (Phi) is 4.90. The largest absolute Gasteiger partial charge is 0.342 e. The number of likely N-dealkylation sites (tertiary alicyclic amines) is 2. The molecule has 2 fully saturated rings. The maximum absolute atomic E-state index is 12.0. The van der Waals surface area contributed by atoms with Crippen LogP contribution in [0.25, 0.3) is 0 Å². The number of carbonyl (C=O) groups is 1. The summed E-state index contributed by atoms with van der Waals surface area (Å²) in [4.78, 5) is 16.6. The molecule has 0 unspecified atom stereocenters. The van der Waals surface area contributed by atoms with Crippen molar-refractivity contribution < 1.29 is 4.79 Å². The topological polar surface area (TPSA) is 23.6 Å². The van der Waals surface area contributed by atoms with Crippen molar-refractivity contribution in [3.8, 4) is 0 Å². The molecule has 0 radical (unpaired) electrons. The second kappa shape index (κ2) is 6.30. The Bertz CT molecular complexity index is 366. The summed E-state index contributed by atoms with van der Waals surface area (Å²) in [5.74, 6) is 0.477. The monoisotopic (exact) mass is 278 g/mol. The second-order valence-corrected chi connectivity index (χ2v) is 7.26. The Morgan fingerprint density at radius 3 is 2.30 bits per heavy atom. The first-order valence-electron chi connectivity index (χ1n) is 8.06. The zero-order valence-corrected chi connectivity index (χ0v) is 13.6. The van der Waals surface area contributed by atoms with Gasteiger partial charge in [0.1, 0.15) is 0 Å². The standard InChI is InChI=1S/C17H30N2O/c1-14(2)6-5-9-18-12-17(13-18)7-10-19(11-8-17)16(20)15(3)4/h6,15H,5,7-13H2,1-4H3. The molecule has 0 saturated carbocycles. The summed E-state index contributed by atoms with van der Waals surface area (Å²) >= 11 is 0. The van der Waals surface area contributed by atoms with Crippen LogP contribution >= 0.6 is 0 Å². The van der Waals surface area contributed by atoms with Gasteiger partial charge in [-0.2, -0.15) is 0 Å². The number of hydrogen-bond acceptors (Lipinski definition) is 2. The molecule has 3 nitrogen and oxygen atoms in total. The van der Waals surface area contributed by atoms with Gasteiger partial charge in [-0.15, -0.1) is 0 Å². The van der Waals surface area contributed by atoms with Crippen LogP contribution < -0.4 is 0 Å². The van der Waals surface area contributed by atoms with Gasteiger partial charge in [0.25, 0.3) is 0 Å². The van der Waals surface area contributed by atoms with Crippen LogP contribution in [-0.2, 0) is 4.79 Å². The van der Waals surface area contributed by atoms with Crippen LogP contribution in [0, 0.1) is 11.3 Å². The lowest BCUT2D eigenvalue weighted by molar-refractivity contribution is -0.139. The molecule has 0 atom stereocenters. The Hall–Kier alpha value is -0.830. The van der Waals surface area contributed by atoms with Crippen molar-refractivity contribution in [1.29, 1.82) is 0 Å². The third-order valence-corrected chi connectivity index (χ3v) is 4.75. The maximum atomic E-state index is 12.0. The van der Waals surface area contributed by atoms with Gasteiger partial charge in [-0.1, -0.05) is 25.5 Å². The van der Waals surface area contributed by atoms with E-state index in [2.05, 4.69) is 29.7 Å². The summed E-state index contributed by atoms with van der Waals surface area (Å²) < 4.78 is 0. The first kappa shape index (κ1) is 15.6. The average molecular weight is 278 g/mol. The smallest absolute Gasteiger partial charge is 0.225 e. The third kappa shape index (κ3) is 3.63. The van der Waals surface area contributed by atoms with Crippen LogP contribution in [-0.4, -0.2) is 48.4 Å². The van der Waals surface area contributed by atoms with Crippen LogP contribution in [0.3, 0.4) is 0 Å². The molecule has 0 aromatic rings. The number of allylic oxidation sites excluding steroid dienone is 1. The molecular formula is C17H30N2O. The Labute approximate surface area is 124 Å². The van der Waals surface area contributed by atoms with Gasteiger partial charge in [0.05, 0.1) is 0 Å². The molecule has 1 spiro atoms. The average Bonchev–Trinajstić information content (AvgIpc) is 2.36. The van der Waals surface area contributed by atoms with Crippen LogP contribution in [0.15, 0.2) is 11.6 Å². The molecule has 2 saturated heterocycles. The Morgan fingerprint density at radius 1 is 1.20 bits per heavy atom. The fourth-order valence-corrected chi connectivity index (χ4v) is 3.48. The minimum Gasteiger partial charge on any atom is -0.342 e. The van der Waals surface area contributed by atoms with Crippen molar-refractivity contribution >= 4 is 5.91 Å². The third-order valence-electron chi connectivity index (χ3n) is 4.75. The number of piperidine rings is 1. The van der Waals surface area contributed by atoms with E-state index in [1.165, 1.54) is 44.5 Å². The van der Waals surface area contributed by atoms with E-state index in [9.17, 15) is 4.79 Å². The van der Waals surface area contributed by atoms with Gasteiger partial charge in [-0.25, -0.2) is 0 Å². The molecular weight excluding hydrogens is 248 g/mol. The summed E-state index contributed by atoms with van der Waals surface area (Å²) in [7, 11) is 0. The fourth-order valence-electron chi connectivity index (χ4n) is 3.48. The fraction of sp³-hybridized carbons (Fsp3) is 0.824.